The molecule has 0 amide bonds. The molecule has 104 valence electrons. The lowest BCUT2D eigenvalue weighted by Crippen LogP contribution is -2.29. The van der Waals surface area contributed by atoms with Gasteiger partial charge in [-0.15, -0.1) is 0 Å². The molecule has 3 rings (SSSR count). The zero-order chi connectivity index (χ0) is 13.1. The van der Waals surface area contributed by atoms with Gasteiger partial charge in [-0.2, -0.15) is 0 Å². The Balaban J connectivity index is 1.63. The van der Waals surface area contributed by atoms with Gasteiger partial charge in [0.15, 0.2) is 0 Å². The first-order valence-electron chi connectivity index (χ1n) is 7.43. The first-order chi connectivity index (χ1) is 9.31. The van der Waals surface area contributed by atoms with E-state index in [1.807, 2.05) is 6.20 Å². The van der Waals surface area contributed by atoms with Crippen molar-refractivity contribution >= 4 is 5.82 Å². The summed E-state index contributed by atoms with van der Waals surface area (Å²) < 4.78 is 0. The van der Waals surface area contributed by atoms with E-state index in [4.69, 9.17) is 0 Å². The molecular formula is C15H24N4. The SMILES string of the molecule is CN1CCCN(c2cc(CNC3CC3)ccn2)CC1. The summed E-state index contributed by atoms with van der Waals surface area (Å²) in [5, 5.41) is 3.57. The molecule has 1 saturated heterocycles. The highest BCUT2D eigenvalue weighted by Crippen LogP contribution is 2.20. The summed E-state index contributed by atoms with van der Waals surface area (Å²) in [5.41, 5.74) is 1.36. The van der Waals surface area contributed by atoms with Crippen LogP contribution in [0.4, 0.5) is 5.82 Å². The Bertz CT molecular complexity index is 416. The molecule has 0 spiro atoms. The number of pyridine rings is 1. The molecule has 0 aromatic carbocycles. The van der Waals surface area contributed by atoms with E-state index in [9.17, 15) is 0 Å². The summed E-state index contributed by atoms with van der Waals surface area (Å²) >= 11 is 0. The Morgan fingerprint density at radius 2 is 2.16 bits per heavy atom. The second kappa shape index (κ2) is 5.88. The van der Waals surface area contributed by atoms with Crippen molar-refractivity contribution in [1.82, 2.24) is 15.2 Å². The number of hydrogen-bond acceptors (Lipinski definition) is 4. The van der Waals surface area contributed by atoms with Gasteiger partial charge in [0, 0.05) is 38.4 Å². The number of aromatic nitrogens is 1. The number of likely N-dealkylation sites (N-methyl/N-ethyl adjacent to an activating group) is 1. The van der Waals surface area contributed by atoms with Crippen molar-refractivity contribution in [2.75, 3.05) is 38.1 Å². The Morgan fingerprint density at radius 3 is 3.00 bits per heavy atom. The predicted octanol–water partition coefficient (Wildman–Crippen LogP) is 1.48. The lowest BCUT2D eigenvalue weighted by molar-refractivity contribution is 0.360. The fraction of sp³-hybridized carbons (Fsp3) is 0.667. The fourth-order valence-electron chi connectivity index (χ4n) is 2.57. The van der Waals surface area contributed by atoms with Crippen LogP contribution in [-0.2, 0) is 6.54 Å². The lowest BCUT2D eigenvalue weighted by atomic mass is 10.2. The molecule has 0 atom stereocenters. The van der Waals surface area contributed by atoms with Crippen LogP contribution in [0.1, 0.15) is 24.8 Å². The zero-order valence-electron chi connectivity index (χ0n) is 11.8. The number of hydrogen-bond donors (Lipinski definition) is 1. The quantitative estimate of drug-likeness (QED) is 0.888. The van der Waals surface area contributed by atoms with E-state index in [1.54, 1.807) is 0 Å². The Kier molecular flexibility index (Phi) is 3.99. The average molecular weight is 260 g/mol. The van der Waals surface area contributed by atoms with Crippen molar-refractivity contribution in [3.05, 3.63) is 23.9 Å². The topological polar surface area (TPSA) is 31.4 Å². The van der Waals surface area contributed by atoms with Gasteiger partial charge >= 0.3 is 0 Å². The van der Waals surface area contributed by atoms with Crippen LogP contribution in [0.3, 0.4) is 0 Å². The Morgan fingerprint density at radius 1 is 1.26 bits per heavy atom. The monoisotopic (exact) mass is 260 g/mol. The van der Waals surface area contributed by atoms with E-state index < -0.39 is 0 Å². The third-order valence-corrected chi connectivity index (χ3v) is 4.03. The minimum Gasteiger partial charge on any atom is -0.355 e. The van der Waals surface area contributed by atoms with Crippen LogP contribution in [0.5, 0.6) is 0 Å². The highest BCUT2D eigenvalue weighted by atomic mass is 15.2. The third kappa shape index (κ3) is 3.67. The summed E-state index contributed by atoms with van der Waals surface area (Å²) in [6.45, 7) is 5.51. The first kappa shape index (κ1) is 12.9. The van der Waals surface area contributed by atoms with Crippen molar-refractivity contribution in [1.29, 1.82) is 0 Å². The minimum absolute atomic E-state index is 0.767. The lowest BCUT2D eigenvalue weighted by Gasteiger charge is -2.22. The van der Waals surface area contributed by atoms with Crippen LogP contribution in [0.15, 0.2) is 18.3 Å². The standard InChI is InChI=1S/C15H24N4/c1-18-7-2-8-19(10-9-18)15-11-13(5-6-16-15)12-17-14-3-4-14/h5-6,11,14,17H,2-4,7-10,12H2,1H3. The molecule has 1 saturated carbocycles. The molecule has 2 heterocycles. The summed E-state index contributed by atoms with van der Waals surface area (Å²) in [4.78, 5) is 9.37. The average Bonchev–Trinajstić information content (AvgIpc) is 3.24. The molecule has 4 heteroatoms. The van der Waals surface area contributed by atoms with Crippen LogP contribution in [-0.4, -0.2) is 49.2 Å². The van der Waals surface area contributed by atoms with Crippen LogP contribution in [0.25, 0.3) is 0 Å². The molecule has 1 aliphatic heterocycles. The van der Waals surface area contributed by atoms with E-state index in [0.29, 0.717) is 0 Å². The van der Waals surface area contributed by atoms with Crippen molar-refractivity contribution in [2.24, 2.45) is 0 Å². The maximum Gasteiger partial charge on any atom is 0.128 e. The van der Waals surface area contributed by atoms with Crippen molar-refractivity contribution in [3.8, 4) is 0 Å². The van der Waals surface area contributed by atoms with Gasteiger partial charge in [-0.1, -0.05) is 0 Å². The van der Waals surface area contributed by atoms with Crippen molar-refractivity contribution < 1.29 is 0 Å². The van der Waals surface area contributed by atoms with Gasteiger partial charge in [0.25, 0.3) is 0 Å². The summed E-state index contributed by atoms with van der Waals surface area (Å²) in [5.74, 6) is 1.14. The molecule has 1 N–H and O–H groups in total. The molecule has 0 bridgehead atoms. The summed E-state index contributed by atoms with van der Waals surface area (Å²) in [6, 6.07) is 5.15. The van der Waals surface area contributed by atoms with E-state index in [1.165, 1.54) is 31.4 Å². The maximum atomic E-state index is 4.55. The molecule has 1 aliphatic carbocycles. The van der Waals surface area contributed by atoms with Gasteiger partial charge in [-0.3, -0.25) is 0 Å². The second-order valence-electron chi connectivity index (χ2n) is 5.82. The van der Waals surface area contributed by atoms with Crippen LogP contribution in [0.2, 0.25) is 0 Å². The highest BCUT2D eigenvalue weighted by molar-refractivity contribution is 5.41. The van der Waals surface area contributed by atoms with E-state index in [0.717, 1.165) is 38.0 Å². The van der Waals surface area contributed by atoms with Gasteiger partial charge in [0.1, 0.15) is 5.82 Å². The highest BCUT2D eigenvalue weighted by Gasteiger charge is 2.20. The summed E-state index contributed by atoms with van der Waals surface area (Å²) in [6.07, 6.45) is 5.86. The maximum absolute atomic E-state index is 4.55. The van der Waals surface area contributed by atoms with Gasteiger partial charge in [-0.25, -0.2) is 4.98 Å². The molecule has 2 fully saturated rings. The summed E-state index contributed by atoms with van der Waals surface area (Å²) in [7, 11) is 2.20. The van der Waals surface area contributed by atoms with Crippen LogP contribution in [0, 0.1) is 0 Å². The third-order valence-electron chi connectivity index (χ3n) is 4.03. The van der Waals surface area contributed by atoms with Gasteiger partial charge in [-0.05, 0) is 50.6 Å². The molecule has 4 nitrogen and oxygen atoms in total. The largest absolute Gasteiger partial charge is 0.355 e. The Labute approximate surface area is 115 Å². The van der Waals surface area contributed by atoms with Crippen molar-refractivity contribution in [2.45, 2.75) is 31.8 Å². The zero-order valence-corrected chi connectivity index (χ0v) is 11.8. The van der Waals surface area contributed by atoms with Gasteiger partial charge in [0.05, 0.1) is 0 Å². The normalized spacial score (nSPS) is 21.4. The molecular weight excluding hydrogens is 236 g/mol. The smallest absolute Gasteiger partial charge is 0.128 e. The van der Waals surface area contributed by atoms with Crippen LogP contribution >= 0.6 is 0 Å². The molecule has 19 heavy (non-hydrogen) atoms. The van der Waals surface area contributed by atoms with Crippen molar-refractivity contribution in [3.63, 3.8) is 0 Å². The minimum atomic E-state index is 0.767. The molecule has 2 aliphatic rings. The fourth-order valence-corrected chi connectivity index (χ4v) is 2.57. The second-order valence-corrected chi connectivity index (χ2v) is 5.82. The number of rotatable bonds is 4. The molecule has 1 aromatic heterocycles. The van der Waals surface area contributed by atoms with Gasteiger partial charge in [0.2, 0.25) is 0 Å². The number of nitrogens with zero attached hydrogens (tertiary/aromatic N) is 3. The number of anilines is 1. The number of nitrogens with one attached hydrogen (secondary N) is 1. The molecule has 0 radical (unpaired) electrons. The van der Waals surface area contributed by atoms with E-state index in [-0.39, 0.29) is 0 Å². The first-order valence-corrected chi connectivity index (χ1v) is 7.43. The van der Waals surface area contributed by atoms with Crippen LogP contribution < -0.4 is 10.2 Å². The van der Waals surface area contributed by atoms with E-state index >= 15 is 0 Å². The van der Waals surface area contributed by atoms with E-state index in [2.05, 4.69) is 39.3 Å². The predicted molar refractivity (Wildman–Crippen MR) is 78.4 cm³/mol. The molecule has 1 aromatic rings. The Hall–Kier alpha value is -1.13. The van der Waals surface area contributed by atoms with Gasteiger partial charge < -0.3 is 15.1 Å². The molecule has 0 unspecified atom stereocenters.